The van der Waals surface area contributed by atoms with Crippen molar-refractivity contribution in [2.75, 3.05) is 31.3 Å². The lowest BCUT2D eigenvalue weighted by Crippen LogP contribution is -2.25. The van der Waals surface area contributed by atoms with Crippen molar-refractivity contribution in [3.05, 3.63) is 24.0 Å². The summed E-state index contributed by atoms with van der Waals surface area (Å²) in [5.41, 5.74) is 6.48. The zero-order chi connectivity index (χ0) is 12.9. The number of ether oxygens (including phenoxy) is 1. The Morgan fingerprint density at radius 1 is 1.41 bits per heavy atom. The van der Waals surface area contributed by atoms with Gasteiger partial charge in [-0.2, -0.15) is 0 Å². The Morgan fingerprint density at radius 3 is 2.71 bits per heavy atom. The summed E-state index contributed by atoms with van der Waals surface area (Å²) in [6.07, 6.45) is 0.924. The number of anilines is 2. The normalized spacial score (nSPS) is 11.5. The van der Waals surface area contributed by atoms with Crippen LogP contribution < -0.4 is 11.1 Å². The molecule has 3 N–H and O–H groups in total. The molecular weight excluding hydrogens is 219 g/mol. The van der Waals surface area contributed by atoms with Gasteiger partial charge in [0.2, 0.25) is 0 Å². The van der Waals surface area contributed by atoms with Crippen molar-refractivity contribution in [3.63, 3.8) is 0 Å². The van der Waals surface area contributed by atoms with Gasteiger partial charge in [-0.05, 0) is 30.0 Å². The highest BCUT2D eigenvalue weighted by molar-refractivity contribution is 5.52. The average molecular weight is 240 g/mol. The highest BCUT2D eigenvalue weighted by atomic mass is 19.1. The third-order valence-corrected chi connectivity index (χ3v) is 2.73. The van der Waals surface area contributed by atoms with Crippen LogP contribution >= 0.6 is 0 Å². The van der Waals surface area contributed by atoms with E-state index in [0.29, 0.717) is 24.5 Å². The van der Waals surface area contributed by atoms with E-state index >= 15 is 0 Å². The Kier molecular flexibility index (Phi) is 4.75. The molecule has 0 aliphatic rings. The monoisotopic (exact) mass is 240 g/mol. The maximum atomic E-state index is 13.5. The summed E-state index contributed by atoms with van der Waals surface area (Å²) < 4.78 is 18.6. The maximum absolute atomic E-state index is 13.5. The van der Waals surface area contributed by atoms with Gasteiger partial charge in [-0.25, -0.2) is 4.39 Å². The van der Waals surface area contributed by atoms with Crippen LogP contribution in [0, 0.1) is 11.2 Å². The molecule has 0 fully saturated rings. The zero-order valence-electron chi connectivity index (χ0n) is 10.7. The van der Waals surface area contributed by atoms with Crippen LogP contribution in [0.1, 0.15) is 20.3 Å². The fraction of sp³-hybridized carbons (Fsp3) is 0.538. The van der Waals surface area contributed by atoms with Crippen molar-refractivity contribution in [2.45, 2.75) is 20.3 Å². The summed E-state index contributed by atoms with van der Waals surface area (Å²) in [5, 5.41) is 3.10. The molecule has 0 heterocycles. The van der Waals surface area contributed by atoms with E-state index in [0.717, 1.165) is 6.42 Å². The Hall–Kier alpha value is -1.29. The number of benzene rings is 1. The molecule has 0 atom stereocenters. The first-order chi connectivity index (χ1) is 7.94. The topological polar surface area (TPSA) is 47.3 Å². The molecule has 96 valence electrons. The Labute approximate surface area is 102 Å². The van der Waals surface area contributed by atoms with E-state index in [1.807, 2.05) is 0 Å². The molecule has 1 aromatic carbocycles. The van der Waals surface area contributed by atoms with Crippen LogP contribution in [0.3, 0.4) is 0 Å². The summed E-state index contributed by atoms with van der Waals surface area (Å²) in [4.78, 5) is 0. The highest BCUT2D eigenvalue weighted by Gasteiger charge is 2.17. The fourth-order valence-electron chi connectivity index (χ4n) is 1.48. The molecule has 1 aromatic rings. The van der Waals surface area contributed by atoms with Crippen LogP contribution in [0.25, 0.3) is 0 Å². The van der Waals surface area contributed by atoms with Gasteiger partial charge in [0.15, 0.2) is 0 Å². The van der Waals surface area contributed by atoms with Gasteiger partial charge >= 0.3 is 0 Å². The van der Waals surface area contributed by atoms with Gasteiger partial charge < -0.3 is 15.8 Å². The number of nitrogen functional groups attached to an aromatic ring is 1. The second-order valence-electron chi connectivity index (χ2n) is 5.00. The van der Waals surface area contributed by atoms with Gasteiger partial charge in [0.05, 0.1) is 5.69 Å². The van der Waals surface area contributed by atoms with Crippen LogP contribution in [-0.4, -0.2) is 20.3 Å². The standard InChI is InChI=1S/C13H21FN2O/c1-13(2,6-7-17-3)9-16-12-5-4-10(15)8-11(12)14/h4-5,8,16H,6-7,9,15H2,1-3H3. The van der Waals surface area contributed by atoms with Crippen LogP contribution in [0.2, 0.25) is 0 Å². The molecule has 0 aromatic heterocycles. The predicted octanol–water partition coefficient (Wildman–Crippen LogP) is 2.88. The summed E-state index contributed by atoms with van der Waals surface area (Å²) in [5.74, 6) is -0.312. The van der Waals surface area contributed by atoms with Gasteiger partial charge in [0.1, 0.15) is 5.82 Å². The second kappa shape index (κ2) is 5.87. The van der Waals surface area contributed by atoms with Gasteiger partial charge in [0, 0.05) is 25.9 Å². The van der Waals surface area contributed by atoms with Crippen molar-refractivity contribution in [2.24, 2.45) is 5.41 Å². The Balaban J connectivity index is 2.54. The molecule has 0 radical (unpaired) electrons. The van der Waals surface area contributed by atoms with E-state index in [9.17, 15) is 4.39 Å². The first-order valence-corrected chi connectivity index (χ1v) is 5.72. The van der Waals surface area contributed by atoms with E-state index in [1.54, 1.807) is 19.2 Å². The third kappa shape index (κ3) is 4.61. The minimum Gasteiger partial charge on any atom is -0.399 e. The number of halogens is 1. The summed E-state index contributed by atoms with van der Waals surface area (Å²) >= 11 is 0. The number of hydrogen-bond donors (Lipinski definition) is 2. The van der Waals surface area contributed by atoms with Gasteiger partial charge in [-0.3, -0.25) is 0 Å². The molecule has 0 aliphatic heterocycles. The Morgan fingerprint density at radius 2 is 2.12 bits per heavy atom. The van der Waals surface area contributed by atoms with E-state index < -0.39 is 0 Å². The number of methoxy groups -OCH3 is 1. The average Bonchev–Trinajstić information content (AvgIpc) is 2.25. The fourth-order valence-corrected chi connectivity index (χ4v) is 1.48. The summed E-state index contributed by atoms with van der Waals surface area (Å²) in [6.45, 7) is 5.64. The maximum Gasteiger partial charge on any atom is 0.148 e. The SMILES string of the molecule is COCCC(C)(C)CNc1ccc(N)cc1F. The molecule has 1 rings (SSSR count). The lowest BCUT2D eigenvalue weighted by molar-refractivity contribution is 0.157. The highest BCUT2D eigenvalue weighted by Crippen LogP contribution is 2.23. The molecular formula is C13H21FN2O. The molecule has 0 saturated heterocycles. The van der Waals surface area contributed by atoms with Crippen molar-refractivity contribution >= 4 is 11.4 Å². The number of hydrogen-bond acceptors (Lipinski definition) is 3. The largest absolute Gasteiger partial charge is 0.399 e. The molecule has 17 heavy (non-hydrogen) atoms. The molecule has 0 unspecified atom stereocenters. The van der Waals surface area contributed by atoms with Crippen LogP contribution in [0.5, 0.6) is 0 Å². The van der Waals surface area contributed by atoms with E-state index in [-0.39, 0.29) is 11.2 Å². The number of rotatable bonds is 6. The molecule has 0 amide bonds. The van der Waals surface area contributed by atoms with E-state index in [4.69, 9.17) is 10.5 Å². The minimum absolute atomic E-state index is 0.0594. The first kappa shape index (κ1) is 13.8. The molecule has 0 bridgehead atoms. The molecule has 0 aliphatic carbocycles. The quantitative estimate of drug-likeness (QED) is 0.752. The molecule has 3 nitrogen and oxygen atoms in total. The van der Waals surface area contributed by atoms with Crippen LogP contribution in [-0.2, 0) is 4.74 Å². The van der Waals surface area contributed by atoms with E-state index in [2.05, 4.69) is 19.2 Å². The number of nitrogens with one attached hydrogen (secondary N) is 1. The predicted molar refractivity (Wildman–Crippen MR) is 69.6 cm³/mol. The lowest BCUT2D eigenvalue weighted by atomic mass is 9.89. The molecule has 0 saturated carbocycles. The van der Waals surface area contributed by atoms with Crippen molar-refractivity contribution in [3.8, 4) is 0 Å². The second-order valence-corrected chi connectivity index (χ2v) is 5.00. The third-order valence-electron chi connectivity index (χ3n) is 2.73. The van der Waals surface area contributed by atoms with E-state index in [1.165, 1.54) is 6.07 Å². The summed E-state index contributed by atoms with van der Waals surface area (Å²) in [7, 11) is 1.68. The smallest absolute Gasteiger partial charge is 0.148 e. The van der Waals surface area contributed by atoms with Crippen LogP contribution in [0.4, 0.5) is 15.8 Å². The van der Waals surface area contributed by atoms with Crippen molar-refractivity contribution < 1.29 is 9.13 Å². The minimum atomic E-state index is -0.312. The van der Waals surface area contributed by atoms with Crippen LogP contribution in [0.15, 0.2) is 18.2 Å². The van der Waals surface area contributed by atoms with Gasteiger partial charge in [-0.15, -0.1) is 0 Å². The lowest BCUT2D eigenvalue weighted by Gasteiger charge is -2.25. The molecule has 4 heteroatoms. The van der Waals surface area contributed by atoms with Gasteiger partial charge in [0.25, 0.3) is 0 Å². The molecule has 0 spiro atoms. The first-order valence-electron chi connectivity index (χ1n) is 5.72. The zero-order valence-corrected chi connectivity index (χ0v) is 10.7. The van der Waals surface area contributed by atoms with Crippen molar-refractivity contribution in [1.29, 1.82) is 0 Å². The Bertz CT molecular complexity index is 366. The number of nitrogens with two attached hydrogens (primary N) is 1. The van der Waals surface area contributed by atoms with Crippen molar-refractivity contribution in [1.82, 2.24) is 0 Å². The summed E-state index contributed by atoms with van der Waals surface area (Å²) in [6, 6.07) is 4.68. The van der Waals surface area contributed by atoms with Gasteiger partial charge in [-0.1, -0.05) is 13.8 Å².